The lowest BCUT2D eigenvalue weighted by molar-refractivity contribution is 0.109. The van der Waals surface area contributed by atoms with Gasteiger partial charge in [0, 0.05) is 18.5 Å². The Kier molecular flexibility index (Phi) is 3.69. The van der Waals surface area contributed by atoms with Gasteiger partial charge in [0.2, 0.25) is 0 Å². The summed E-state index contributed by atoms with van der Waals surface area (Å²) in [5, 5.41) is 3.37. The molecule has 106 valence electrons. The van der Waals surface area contributed by atoms with Crippen molar-refractivity contribution in [2.24, 2.45) is 0 Å². The summed E-state index contributed by atoms with van der Waals surface area (Å²) in [6.07, 6.45) is 1.88. The van der Waals surface area contributed by atoms with Crippen LogP contribution in [-0.4, -0.2) is 23.1 Å². The lowest BCUT2D eigenvalue weighted by Gasteiger charge is -2.19. The first kappa shape index (κ1) is 13.1. The highest BCUT2D eigenvalue weighted by atomic mass is 16.5. The van der Waals surface area contributed by atoms with E-state index in [0.717, 1.165) is 48.0 Å². The molecule has 2 aromatic rings. The first-order valence-corrected chi connectivity index (χ1v) is 7.06. The van der Waals surface area contributed by atoms with E-state index < -0.39 is 0 Å². The number of aryl methyl sites for hydroxylation is 1. The quantitative estimate of drug-likeness (QED) is 0.928. The van der Waals surface area contributed by atoms with E-state index in [1.54, 1.807) is 0 Å². The van der Waals surface area contributed by atoms with Gasteiger partial charge in [0.1, 0.15) is 11.6 Å². The van der Waals surface area contributed by atoms with Gasteiger partial charge in [-0.3, -0.25) is 0 Å². The van der Waals surface area contributed by atoms with Crippen molar-refractivity contribution in [1.82, 2.24) is 9.97 Å². The number of furan rings is 1. The monoisotopic (exact) mass is 273 g/mol. The van der Waals surface area contributed by atoms with Gasteiger partial charge < -0.3 is 14.5 Å². The minimum absolute atomic E-state index is 0.582. The molecule has 1 N–H and O–H groups in total. The molecule has 1 aliphatic heterocycles. The number of rotatable bonds is 4. The van der Waals surface area contributed by atoms with Crippen LogP contribution in [0.5, 0.6) is 0 Å². The Hall–Kier alpha value is -1.88. The fourth-order valence-electron chi connectivity index (χ4n) is 2.29. The number of hydrogen-bond acceptors (Lipinski definition) is 5. The van der Waals surface area contributed by atoms with E-state index in [4.69, 9.17) is 9.15 Å². The molecule has 0 aromatic carbocycles. The zero-order valence-electron chi connectivity index (χ0n) is 11.9. The molecule has 0 atom stereocenters. The van der Waals surface area contributed by atoms with Crippen molar-refractivity contribution >= 4 is 5.82 Å². The van der Waals surface area contributed by atoms with Crippen LogP contribution >= 0.6 is 0 Å². The lowest BCUT2D eigenvalue weighted by Crippen LogP contribution is -2.17. The summed E-state index contributed by atoms with van der Waals surface area (Å²) in [6, 6.07) is 3.85. The maximum absolute atomic E-state index is 5.64. The summed E-state index contributed by atoms with van der Waals surface area (Å²) in [7, 11) is 0. The molecule has 0 saturated carbocycles. The van der Waals surface area contributed by atoms with Crippen molar-refractivity contribution in [3.8, 4) is 11.6 Å². The standard InChI is InChI=1S/C15H19N3O2/c1-3-7-16-14-11-9-19-8-6-12(11)17-15(18-14)13-5-4-10(2)20-13/h4-5H,3,6-9H2,1-2H3,(H,16,17,18). The maximum Gasteiger partial charge on any atom is 0.197 e. The lowest BCUT2D eigenvalue weighted by atomic mass is 10.1. The third-order valence-corrected chi connectivity index (χ3v) is 3.33. The van der Waals surface area contributed by atoms with Crippen molar-refractivity contribution in [3.63, 3.8) is 0 Å². The SMILES string of the molecule is CCCNc1nc(-c2ccc(C)o2)nc2c1COCC2. The Morgan fingerprint density at radius 1 is 1.30 bits per heavy atom. The number of anilines is 1. The largest absolute Gasteiger partial charge is 0.458 e. The van der Waals surface area contributed by atoms with Crippen molar-refractivity contribution in [2.75, 3.05) is 18.5 Å². The molecule has 0 spiro atoms. The third-order valence-electron chi connectivity index (χ3n) is 3.33. The van der Waals surface area contributed by atoms with Gasteiger partial charge in [0.25, 0.3) is 0 Å². The molecule has 3 heterocycles. The molecule has 0 aliphatic carbocycles. The Labute approximate surface area is 118 Å². The van der Waals surface area contributed by atoms with Gasteiger partial charge >= 0.3 is 0 Å². The molecule has 0 fully saturated rings. The van der Waals surface area contributed by atoms with Crippen molar-refractivity contribution in [1.29, 1.82) is 0 Å². The van der Waals surface area contributed by atoms with Gasteiger partial charge in [-0.15, -0.1) is 0 Å². The number of nitrogens with one attached hydrogen (secondary N) is 1. The van der Waals surface area contributed by atoms with Gasteiger partial charge in [0.15, 0.2) is 11.6 Å². The van der Waals surface area contributed by atoms with E-state index in [9.17, 15) is 0 Å². The Balaban J connectivity index is 2.03. The van der Waals surface area contributed by atoms with Crippen molar-refractivity contribution in [2.45, 2.75) is 33.3 Å². The molecular weight excluding hydrogens is 254 g/mol. The van der Waals surface area contributed by atoms with E-state index in [2.05, 4.69) is 22.2 Å². The Morgan fingerprint density at radius 3 is 2.95 bits per heavy atom. The zero-order valence-corrected chi connectivity index (χ0v) is 11.9. The van der Waals surface area contributed by atoms with Gasteiger partial charge in [-0.2, -0.15) is 0 Å². The third kappa shape index (κ3) is 2.54. The summed E-state index contributed by atoms with van der Waals surface area (Å²) in [6.45, 7) is 6.24. The minimum Gasteiger partial charge on any atom is -0.458 e. The van der Waals surface area contributed by atoms with Gasteiger partial charge in [-0.25, -0.2) is 9.97 Å². The highest BCUT2D eigenvalue weighted by molar-refractivity contribution is 5.56. The molecule has 3 rings (SSSR count). The van der Waals surface area contributed by atoms with E-state index in [0.29, 0.717) is 19.0 Å². The second kappa shape index (κ2) is 5.63. The van der Waals surface area contributed by atoms with E-state index in [1.165, 1.54) is 0 Å². The zero-order chi connectivity index (χ0) is 13.9. The van der Waals surface area contributed by atoms with Crippen molar-refractivity contribution < 1.29 is 9.15 Å². The Bertz CT molecular complexity index is 607. The van der Waals surface area contributed by atoms with Crippen LogP contribution < -0.4 is 5.32 Å². The van der Waals surface area contributed by atoms with Crippen LogP contribution in [0.3, 0.4) is 0 Å². The molecule has 0 radical (unpaired) electrons. The first-order chi connectivity index (χ1) is 9.78. The summed E-state index contributed by atoms with van der Waals surface area (Å²) < 4.78 is 11.2. The molecule has 0 saturated heterocycles. The predicted octanol–water partition coefficient (Wildman–Crippen LogP) is 2.94. The average Bonchev–Trinajstić information content (AvgIpc) is 2.91. The fraction of sp³-hybridized carbons (Fsp3) is 0.467. The summed E-state index contributed by atoms with van der Waals surface area (Å²) in [5.74, 6) is 3.11. The molecule has 0 unspecified atom stereocenters. The highest BCUT2D eigenvalue weighted by Crippen LogP contribution is 2.27. The predicted molar refractivity (Wildman–Crippen MR) is 76.6 cm³/mol. The van der Waals surface area contributed by atoms with Gasteiger partial charge in [-0.1, -0.05) is 6.92 Å². The molecule has 0 amide bonds. The molecule has 20 heavy (non-hydrogen) atoms. The normalized spacial score (nSPS) is 14.1. The number of fused-ring (bicyclic) bond motifs is 1. The van der Waals surface area contributed by atoms with Crippen LogP contribution in [0.1, 0.15) is 30.4 Å². The number of hydrogen-bond donors (Lipinski definition) is 1. The number of aromatic nitrogens is 2. The second-order valence-electron chi connectivity index (χ2n) is 4.96. The van der Waals surface area contributed by atoms with Crippen LogP contribution in [-0.2, 0) is 17.8 Å². The van der Waals surface area contributed by atoms with Gasteiger partial charge in [0.05, 0.1) is 18.9 Å². The minimum atomic E-state index is 0.582. The van der Waals surface area contributed by atoms with E-state index in [-0.39, 0.29) is 0 Å². The molecule has 2 aromatic heterocycles. The number of ether oxygens (including phenoxy) is 1. The molecule has 5 heteroatoms. The fourth-order valence-corrected chi connectivity index (χ4v) is 2.29. The van der Waals surface area contributed by atoms with E-state index >= 15 is 0 Å². The van der Waals surface area contributed by atoms with Crippen LogP contribution in [0.4, 0.5) is 5.82 Å². The molecule has 5 nitrogen and oxygen atoms in total. The number of nitrogens with zero attached hydrogens (tertiary/aromatic N) is 2. The summed E-state index contributed by atoms with van der Waals surface area (Å²) >= 11 is 0. The average molecular weight is 273 g/mol. The summed E-state index contributed by atoms with van der Waals surface area (Å²) in [4.78, 5) is 9.25. The first-order valence-electron chi connectivity index (χ1n) is 7.06. The highest BCUT2D eigenvalue weighted by Gasteiger charge is 2.19. The topological polar surface area (TPSA) is 60.2 Å². The molecule has 1 aliphatic rings. The van der Waals surface area contributed by atoms with Crippen LogP contribution in [0, 0.1) is 6.92 Å². The van der Waals surface area contributed by atoms with E-state index in [1.807, 2.05) is 19.1 Å². The van der Waals surface area contributed by atoms with Gasteiger partial charge in [-0.05, 0) is 25.5 Å². The van der Waals surface area contributed by atoms with Crippen LogP contribution in [0.25, 0.3) is 11.6 Å². The summed E-state index contributed by atoms with van der Waals surface area (Å²) in [5.41, 5.74) is 2.14. The molecular formula is C15H19N3O2. The molecule has 0 bridgehead atoms. The maximum atomic E-state index is 5.64. The van der Waals surface area contributed by atoms with Crippen molar-refractivity contribution in [3.05, 3.63) is 29.2 Å². The van der Waals surface area contributed by atoms with Crippen LogP contribution in [0.15, 0.2) is 16.5 Å². The van der Waals surface area contributed by atoms with Crippen LogP contribution in [0.2, 0.25) is 0 Å². The second-order valence-corrected chi connectivity index (χ2v) is 4.96. The smallest absolute Gasteiger partial charge is 0.197 e. The Morgan fingerprint density at radius 2 is 2.20 bits per heavy atom.